The topological polar surface area (TPSA) is 62.6 Å². The second kappa shape index (κ2) is 7.63. The zero-order valence-corrected chi connectivity index (χ0v) is 13.7. The van der Waals surface area contributed by atoms with Gasteiger partial charge in [0, 0.05) is 20.0 Å². The third kappa shape index (κ3) is 4.45. The molecule has 5 nitrogen and oxygen atoms in total. The summed E-state index contributed by atoms with van der Waals surface area (Å²) in [7, 11) is 1.78. The van der Waals surface area contributed by atoms with Gasteiger partial charge in [0.2, 0.25) is 5.91 Å². The second-order valence-corrected chi connectivity index (χ2v) is 5.57. The molecule has 1 N–H and O–H groups in total. The van der Waals surface area contributed by atoms with Crippen molar-refractivity contribution in [2.45, 2.75) is 26.3 Å². The van der Waals surface area contributed by atoms with Crippen LogP contribution in [0.5, 0.6) is 0 Å². The molecule has 1 aromatic carbocycles. The van der Waals surface area contributed by atoms with Gasteiger partial charge in [0.05, 0.1) is 12.3 Å². The number of nitrogens with zero attached hydrogens (tertiary/aromatic N) is 1. The Balaban J connectivity index is 1.82. The van der Waals surface area contributed by atoms with E-state index in [0.717, 1.165) is 5.56 Å². The average Bonchev–Trinajstić information content (AvgIpc) is 3.08. The standard InChI is InChI=1S/C18H22N2O3/c1-13-6-8-15(9-7-13)14(2)20(3)17(21)10-11-19-18(22)16-5-4-12-23-16/h4-9,12,14H,10-11H2,1-3H3,(H,19,22). The summed E-state index contributed by atoms with van der Waals surface area (Å²) in [4.78, 5) is 25.7. The maximum atomic E-state index is 12.2. The Hall–Kier alpha value is -2.56. The lowest BCUT2D eigenvalue weighted by molar-refractivity contribution is -0.131. The fourth-order valence-corrected chi connectivity index (χ4v) is 2.24. The maximum Gasteiger partial charge on any atom is 0.286 e. The molecule has 2 amide bonds. The fraction of sp³-hybridized carbons (Fsp3) is 0.333. The van der Waals surface area contributed by atoms with Crippen LogP contribution in [0.3, 0.4) is 0 Å². The highest BCUT2D eigenvalue weighted by Crippen LogP contribution is 2.19. The van der Waals surface area contributed by atoms with Crippen molar-refractivity contribution >= 4 is 11.8 Å². The van der Waals surface area contributed by atoms with Gasteiger partial charge in [-0.25, -0.2) is 0 Å². The van der Waals surface area contributed by atoms with E-state index >= 15 is 0 Å². The first kappa shape index (κ1) is 16.8. The van der Waals surface area contributed by atoms with Crippen LogP contribution < -0.4 is 5.32 Å². The highest BCUT2D eigenvalue weighted by Gasteiger charge is 2.17. The molecule has 5 heteroatoms. The highest BCUT2D eigenvalue weighted by atomic mass is 16.3. The van der Waals surface area contributed by atoms with Gasteiger partial charge in [-0.3, -0.25) is 9.59 Å². The van der Waals surface area contributed by atoms with Gasteiger partial charge in [-0.2, -0.15) is 0 Å². The predicted octanol–water partition coefficient (Wildman–Crippen LogP) is 2.93. The van der Waals surface area contributed by atoms with Crippen LogP contribution >= 0.6 is 0 Å². The number of hydrogen-bond donors (Lipinski definition) is 1. The van der Waals surface area contributed by atoms with E-state index in [2.05, 4.69) is 5.32 Å². The summed E-state index contributed by atoms with van der Waals surface area (Å²) in [5.74, 6) is -0.0753. The molecule has 0 spiro atoms. The zero-order valence-electron chi connectivity index (χ0n) is 13.7. The lowest BCUT2D eigenvalue weighted by Crippen LogP contribution is -2.33. The molecule has 0 saturated heterocycles. The molecule has 2 aromatic rings. The predicted molar refractivity (Wildman–Crippen MR) is 88.0 cm³/mol. The second-order valence-electron chi connectivity index (χ2n) is 5.57. The van der Waals surface area contributed by atoms with E-state index in [1.54, 1.807) is 24.1 Å². The SMILES string of the molecule is Cc1ccc(C(C)N(C)C(=O)CCNC(=O)c2ccco2)cc1. The molecule has 0 aliphatic heterocycles. The van der Waals surface area contributed by atoms with Gasteiger partial charge in [0.1, 0.15) is 0 Å². The Bertz CT molecular complexity index is 647. The first-order chi connectivity index (χ1) is 11.0. The van der Waals surface area contributed by atoms with Crippen LogP contribution in [-0.4, -0.2) is 30.3 Å². The molecule has 23 heavy (non-hydrogen) atoms. The molecule has 0 bridgehead atoms. The molecule has 0 saturated carbocycles. The molecule has 1 unspecified atom stereocenters. The number of carbonyl (C=O) groups excluding carboxylic acids is 2. The van der Waals surface area contributed by atoms with Crippen molar-refractivity contribution < 1.29 is 14.0 Å². The van der Waals surface area contributed by atoms with E-state index in [-0.39, 0.29) is 36.6 Å². The van der Waals surface area contributed by atoms with E-state index in [1.807, 2.05) is 38.1 Å². The average molecular weight is 314 g/mol. The lowest BCUT2D eigenvalue weighted by atomic mass is 10.1. The van der Waals surface area contributed by atoms with Crippen LogP contribution in [-0.2, 0) is 4.79 Å². The van der Waals surface area contributed by atoms with E-state index in [4.69, 9.17) is 4.42 Å². The highest BCUT2D eigenvalue weighted by molar-refractivity contribution is 5.91. The van der Waals surface area contributed by atoms with Gasteiger partial charge < -0.3 is 14.6 Å². The number of hydrogen-bond acceptors (Lipinski definition) is 3. The van der Waals surface area contributed by atoms with Crippen molar-refractivity contribution in [1.29, 1.82) is 0 Å². The Morgan fingerprint density at radius 1 is 1.22 bits per heavy atom. The monoisotopic (exact) mass is 314 g/mol. The third-order valence-corrected chi connectivity index (χ3v) is 3.90. The van der Waals surface area contributed by atoms with Crippen LogP contribution in [0.4, 0.5) is 0 Å². The van der Waals surface area contributed by atoms with Gasteiger partial charge in [-0.05, 0) is 31.5 Å². The summed E-state index contributed by atoms with van der Waals surface area (Å²) in [6, 6.07) is 11.4. The van der Waals surface area contributed by atoms with Crippen molar-refractivity contribution in [2.24, 2.45) is 0 Å². The molecular formula is C18H22N2O3. The van der Waals surface area contributed by atoms with Crippen LogP contribution in [0.15, 0.2) is 47.1 Å². The molecular weight excluding hydrogens is 292 g/mol. The van der Waals surface area contributed by atoms with E-state index in [0.29, 0.717) is 0 Å². The van der Waals surface area contributed by atoms with Crippen LogP contribution in [0.25, 0.3) is 0 Å². The van der Waals surface area contributed by atoms with Crippen LogP contribution in [0, 0.1) is 6.92 Å². The lowest BCUT2D eigenvalue weighted by Gasteiger charge is -2.25. The summed E-state index contributed by atoms with van der Waals surface area (Å²) in [6.45, 7) is 4.30. The van der Waals surface area contributed by atoms with E-state index in [1.165, 1.54) is 11.8 Å². The molecule has 0 aliphatic carbocycles. The summed E-state index contributed by atoms with van der Waals surface area (Å²) < 4.78 is 5.00. The fourth-order valence-electron chi connectivity index (χ4n) is 2.24. The quantitative estimate of drug-likeness (QED) is 0.891. The Labute approximate surface area is 136 Å². The van der Waals surface area contributed by atoms with Crippen molar-refractivity contribution in [1.82, 2.24) is 10.2 Å². The van der Waals surface area contributed by atoms with Gasteiger partial charge in [-0.1, -0.05) is 29.8 Å². The molecule has 122 valence electrons. The molecule has 1 atom stereocenters. The molecule has 2 rings (SSSR count). The molecule has 1 heterocycles. The zero-order chi connectivity index (χ0) is 16.8. The minimum absolute atomic E-state index is 0.0103. The van der Waals surface area contributed by atoms with Crippen molar-refractivity contribution in [3.05, 3.63) is 59.5 Å². The number of aryl methyl sites for hydroxylation is 1. The van der Waals surface area contributed by atoms with Gasteiger partial charge in [-0.15, -0.1) is 0 Å². The number of benzene rings is 1. The maximum absolute atomic E-state index is 12.2. The Morgan fingerprint density at radius 2 is 1.91 bits per heavy atom. The minimum atomic E-state index is -0.308. The number of rotatable bonds is 6. The van der Waals surface area contributed by atoms with E-state index < -0.39 is 0 Å². The smallest absolute Gasteiger partial charge is 0.286 e. The number of carbonyl (C=O) groups is 2. The van der Waals surface area contributed by atoms with Gasteiger partial charge in [0.15, 0.2) is 5.76 Å². The summed E-state index contributed by atoms with van der Waals surface area (Å²) in [6.07, 6.45) is 1.69. The number of amides is 2. The molecule has 0 aliphatic rings. The largest absolute Gasteiger partial charge is 0.459 e. The van der Waals surface area contributed by atoms with Crippen molar-refractivity contribution in [3.8, 4) is 0 Å². The summed E-state index contributed by atoms with van der Waals surface area (Å²) in [5, 5.41) is 2.68. The van der Waals surface area contributed by atoms with E-state index in [9.17, 15) is 9.59 Å². The first-order valence-corrected chi connectivity index (χ1v) is 7.63. The molecule has 1 aromatic heterocycles. The Morgan fingerprint density at radius 3 is 2.52 bits per heavy atom. The molecule has 0 fully saturated rings. The van der Waals surface area contributed by atoms with Gasteiger partial charge in [0.25, 0.3) is 5.91 Å². The van der Waals surface area contributed by atoms with Crippen LogP contribution in [0.2, 0.25) is 0 Å². The Kier molecular flexibility index (Phi) is 5.57. The molecule has 0 radical (unpaired) electrons. The van der Waals surface area contributed by atoms with Crippen molar-refractivity contribution in [2.75, 3.05) is 13.6 Å². The van der Waals surface area contributed by atoms with Crippen molar-refractivity contribution in [3.63, 3.8) is 0 Å². The van der Waals surface area contributed by atoms with Gasteiger partial charge >= 0.3 is 0 Å². The normalized spacial score (nSPS) is 11.8. The number of furan rings is 1. The summed E-state index contributed by atoms with van der Waals surface area (Å²) >= 11 is 0. The summed E-state index contributed by atoms with van der Waals surface area (Å²) in [5.41, 5.74) is 2.28. The third-order valence-electron chi connectivity index (χ3n) is 3.90. The minimum Gasteiger partial charge on any atom is -0.459 e. The first-order valence-electron chi connectivity index (χ1n) is 7.63. The van der Waals surface area contributed by atoms with Crippen LogP contribution in [0.1, 0.15) is 41.1 Å². The number of nitrogens with one attached hydrogen (secondary N) is 1.